The summed E-state index contributed by atoms with van der Waals surface area (Å²) in [5, 5.41) is 11.2. The van der Waals surface area contributed by atoms with E-state index in [1.165, 1.54) is 5.56 Å². The predicted octanol–water partition coefficient (Wildman–Crippen LogP) is 0.601. The van der Waals surface area contributed by atoms with Gasteiger partial charge in [-0.25, -0.2) is 0 Å². The zero-order valence-electron chi connectivity index (χ0n) is 18.1. The molecule has 0 bridgehead atoms. The van der Waals surface area contributed by atoms with Crippen LogP contribution in [-0.2, 0) is 28.9 Å². The molecule has 5 rings (SSSR count). The Morgan fingerprint density at radius 1 is 1.26 bits per heavy atom. The third-order valence-corrected chi connectivity index (χ3v) is 6.35. The molecule has 1 atom stereocenters. The molecule has 168 valence electrons. The topological polar surface area (TPSA) is 93.8 Å². The Balaban J connectivity index is 1.28. The minimum absolute atomic E-state index is 0.111. The molecule has 4 heterocycles. The summed E-state index contributed by atoms with van der Waals surface area (Å²) < 4.78 is 19.1. The summed E-state index contributed by atoms with van der Waals surface area (Å²) in [6.07, 6.45) is 3.73. The van der Waals surface area contributed by atoms with Crippen molar-refractivity contribution in [2.45, 2.75) is 32.4 Å². The number of carbonyl (C=O) groups excluding carboxylic acids is 1. The van der Waals surface area contributed by atoms with E-state index in [9.17, 15) is 4.79 Å². The van der Waals surface area contributed by atoms with Crippen LogP contribution in [0.5, 0.6) is 0 Å². The predicted molar refractivity (Wildman–Crippen MR) is 114 cm³/mol. The van der Waals surface area contributed by atoms with E-state index in [0.29, 0.717) is 32.1 Å². The summed E-state index contributed by atoms with van der Waals surface area (Å²) in [6, 6.07) is 0. The molecule has 0 aromatic carbocycles. The van der Waals surface area contributed by atoms with Crippen molar-refractivity contribution in [2.24, 2.45) is 0 Å². The van der Waals surface area contributed by atoms with Crippen molar-refractivity contribution in [1.29, 1.82) is 0 Å². The van der Waals surface area contributed by atoms with E-state index in [1.807, 2.05) is 6.92 Å². The standard InChI is InChI=1S/C22H31N5O4/c1-15-19-18(31-21(15)22(28)24-12-17-14-29-10-11-30-17)3-2-16-13-27(25-20(16)19)9-8-26-6-4-23-5-7-26/h13,17,23H,2-12,14H2,1H3,(H,24,28)/t17-/m1/s1. The molecule has 31 heavy (non-hydrogen) atoms. The molecule has 2 aromatic rings. The van der Waals surface area contributed by atoms with E-state index < -0.39 is 0 Å². The highest BCUT2D eigenvalue weighted by Crippen LogP contribution is 2.38. The Morgan fingerprint density at radius 2 is 2.13 bits per heavy atom. The maximum absolute atomic E-state index is 12.8. The molecule has 2 saturated heterocycles. The first-order valence-electron chi connectivity index (χ1n) is 11.3. The molecule has 3 aliphatic rings. The summed E-state index contributed by atoms with van der Waals surface area (Å²) in [6.45, 7) is 10.2. The molecule has 1 amide bonds. The highest BCUT2D eigenvalue weighted by Gasteiger charge is 2.30. The molecule has 2 aromatic heterocycles. The first-order valence-corrected chi connectivity index (χ1v) is 11.3. The number of nitrogens with one attached hydrogen (secondary N) is 2. The average Bonchev–Trinajstić information content (AvgIpc) is 3.38. The molecular weight excluding hydrogens is 398 g/mol. The molecule has 1 aliphatic carbocycles. The van der Waals surface area contributed by atoms with Crippen molar-refractivity contribution in [3.05, 3.63) is 28.8 Å². The smallest absolute Gasteiger partial charge is 0.287 e. The minimum atomic E-state index is -0.208. The van der Waals surface area contributed by atoms with Crippen LogP contribution in [0.4, 0.5) is 0 Å². The van der Waals surface area contributed by atoms with Gasteiger partial charge in [0.15, 0.2) is 5.76 Å². The summed E-state index contributed by atoms with van der Waals surface area (Å²) in [5.74, 6) is 1.03. The molecule has 0 unspecified atom stereocenters. The highest BCUT2D eigenvalue weighted by molar-refractivity contribution is 5.95. The van der Waals surface area contributed by atoms with Crippen LogP contribution in [0.3, 0.4) is 0 Å². The Morgan fingerprint density at radius 3 is 2.94 bits per heavy atom. The summed E-state index contributed by atoms with van der Waals surface area (Å²) in [5.41, 5.74) is 4.05. The third-order valence-electron chi connectivity index (χ3n) is 6.35. The van der Waals surface area contributed by atoms with Gasteiger partial charge in [0.05, 0.1) is 38.2 Å². The van der Waals surface area contributed by atoms with Crippen molar-refractivity contribution in [1.82, 2.24) is 25.3 Å². The molecule has 2 N–H and O–H groups in total. The maximum atomic E-state index is 12.8. The second kappa shape index (κ2) is 9.12. The van der Waals surface area contributed by atoms with Gasteiger partial charge in [-0.15, -0.1) is 0 Å². The zero-order chi connectivity index (χ0) is 21.2. The molecule has 9 nitrogen and oxygen atoms in total. The fraction of sp³-hybridized carbons (Fsp3) is 0.636. The SMILES string of the molecule is Cc1c(C(=O)NC[C@@H]2COCCO2)oc2c1-c1nn(CCN3CCNCC3)cc1CC2. The molecule has 0 radical (unpaired) electrons. The minimum Gasteiger partial charge on any atom is -0.455 e. The lowest BCUT2D eigenvalue weighted by atomic mass is 9.93. The second-order valence-corrected chi connectivity index (χ2v) is 8.49. The number of hydrogen-bond donors (Lipinski definition) is 2. The number of carbonyl (C=O) groups is 1. The lowest BCUT2D eigenvalue weighted by Crippen LogP contribution is -2.44. The number of fused-ring (bicyclic) bond motifs is 3. The van der Waals surface area contributed by atoms with E-state index in [1.54, 1.807) is 0 Å². The number of ether oxygens (including phenoxy) is 2. The van der Waals surface area contributed by atoms with E-state index in [-0.39, 0.29) is 12.0 Å². The Labute approximate surface area is 182 Å². The van der Waals surface area contributed by atoms with Gasteiger partial charge in [0.25, 0.3) is 5.91 Å². The van der Waals surface area contributed by atoms with Crippen LogP contribution in [0, 0.1) is 6.92 Å². The van der Waals surface area contributed by atoms with Gasteiger partial charge in [-0.2, -0.15) is 5.10 Å². The number of hydrogen-bond acceptors (Lipinski definition) is 7. The Bertz CT molecular complexity index is 925. The maximum Gasteiger partial charge on any atom is 0.287 e. The van der Waals surface area contributed by atoms with Gasteiger partial charge >= 0.3 is 0 Å². The van der Waals surface area contributed by atoms with Gasteiger partial charge in [0.2, 0.25) is 0 Å². The molecule has 0 spiro atoms. The van der Waals surface area contributed by atoms with Crippen LogP contribution in [0.25, 0.3) is 11.3 Å². The first-order chi connectivity index (χ1) is 15.2. The lowest BCUT2D eigenvalue weighted by Gasteiger charge is -2.26. The van der Waals surface area contributed by atoms with E-state index in [0.717, 1.165) is 74.7 Å². The summed E-state index contributed by atoms with van der Waals surface area (Å²) in [4.78, 5) is 15.3. The highest BCUT2D eigenvalue weighted by atomic mass is 16.6. The van der Waals surface area contributed by atoms with Crippen molar-refractivity contribution in [2.75, 3.05) is 59.1 Å². The van der Waals surface area contributed by atoms with E-state index in [4.69, 9.17) is 19.0 Å². The zero-order valence-corrected chi connectivity index (χ0v) is 18.1. The van der Waals surface area contributed by atoms with Crippen LogP contribution >= 0.6 is 0 Å². The van der Waals surface area contributed by atoms with Crippen LogP contribution in [0.1, 0.15) is 27.4 Å². The molecule has 2 fully saturated rings. The molecule has 2 aliphatic heterocycles. The first kappa shape index (κ1) is 20.7. The van der Waals surface area contributed by atoms with Crippen LogP contribution < -0.4 is 10.6 Å². The number of nitrogens with zero attached hydrogens (tertiary/aromatic N) is 3. The average molecular weight is 430 g/mol. The van der Waals surface area contributed by atoms with Crippen molar-refractivity contribution >= 4 is 5.91 Å². The fourth-order valence-electron chi connectivity index (χ4n) is 4.61. The van der Waals surface area contributed by atoms with Crippen LogP contribution in [0.2, 0.25) is 0 Å². The Hall–Kier alpha value is -2.20. The number of aromatic nitrogens is 2. The summed E-state index contributed by atoms with van der Waals surface area (Å²) in [7, 11) is 0. The van der Waals surface area contributed by atoms with Crippen molar-refractivity contribution < 1.29 is 18.7 Å². The number of amides is 1. The van der Waals surface area contributed by atoms with Gasteiger partial charge < -0.3 is 24.5 Å². The largest absolute Gasteiger partial charge is 0.455 e. The van der Waals surface area contributed by atoms with Gasteiger partial charge in [-0.05, 0) is 18.9 Å². The van der Waals surface area contributed by atoms with Crippen LogP contribution in [0.15, 0.2) is 10.6 Å². The fourth-order valence-corrected chi connectivity index (χ4v) is 4.61. The lowest BCUT2D eigenvalue weighted by molar-refractivity contribution is -0.0856. The van der Waals surface area contributed by atoms with Gasteiger partial charge in [0.1, 0.15) is 5.76 Å². The third kappa shape index (κ3) is 4.41. The number of piperazine rings is 1. The quantitative estimate of drug-likeness (QED) is 0.695. The van der Waals surface area contributed by atoms with Gasteiger partial charge in [-0.3, -0.25) is 14.4 Å². The molecule has 9 heteroatoms. The van der Waals surface area contributed by atoms with Crippen molar-refractivity contribution in [3.63, 3.8) is 0 Å². The number of aryl methyl sites for hydroxylation is 2. The monoisotopic (exact) mass is 429 g/mol. The second-order valence-electron chi connectivity index (χ2n) is 8.49. The Kier molecular flexibility index (Phi) is 6.08. The van der Waals surface area contributed by atoms with E-state index >= 15 is 0 Å². The molecule has 0 saturated carbocycles. The van der Waals surface area contributed by atoms with Crippen LogP contribution in [-0.4, -0.2) is 85.8 Å². The summed E-state index contributed by atoms with van der Waals surface area (Å²) >= 11 is 0. The van der Waals surface area contributed by atoms with Crippen molar-refractivity contribution in [3.8, 4) is 11.3 Å². The van der Waals surface area contributed by atoms with Gasteiger partial charge in [-0.1, -0.05) is 0 Å². The van der Waals surface area contributed by atoms with E-state index in [2.05, 4.69) is 26.4 Å². The molecular formula is C22H31N5O4. The normalized spacial score (nSPS) is 21.5. The van der Waals surface area contributed by atoms with Gasteiger partial charge in [0, 0.05) is 63.0 Å². The number of rotatable bonds is 6. The number of furan rings is 1.